The molecule has 0 aromatic carbocycles. The fourth-order valence-corrected chi connectivity index (χ4v) is 1.76. The normalized spacial score (nSPS) is 10.6. The van der Waals surface area contributed by atoms with Crippen LogP contribution in [0.4, 0.5) is 5.82 Å². The van der Waals surface area contributed by atoms with Crippen molar-refractivity contribution in [3.63, 3.8) is 0 Å². The highest BCUT2D eigenvalue weighted by Crippen LogP contribution is 2.28. The van der Waals surface area contributed by atoms with Crippen molar-refractivity contribution in [2.75, 3.05) is 26.2 Å². The van der Waals surface area contributed by atoms with E-state index in [1.165, 1.54) is 0 Å². The standard InChI is InChI=1S/C15H20N4O2/c1-10(2)19(3)15-13(21-5)9-17-14(18-15)12-7-6-11(20-4)8-16-12/h6-10H,1-5H3. The van der Waals surface area contributed by atoms with Crippen molar-refractivity contribution in [1.29, 1.82) is 0 Å². The van der Waals surface area contributed by atoms with Crippen LogP contribution in [0, 0.1) is 0 Å². The van der Waals surface area contributed by atoms with E-state index in [1.54, 1.807) is 26.6 Å². The van der Waals surface area contributed by atoms with E-state index >= 15 is 0 Å². The van der Waals surface area contributed by atoms with Crippen molar-refractivity contribution >= 4 is 5.82 Å². The first kappa shape index (κ1) is 15.0. The van der Waals surface area contributed by atoms with E-state index in [0.29, 0.717) is 29.1 Å². The summed E-state index contributed by atoms with van der Waals surface area (Å²) in [5, 5.41) is 0. The van der Waals surface area contributed by atoms with E-state index in [2.05, 4.69) is 28.8 Å². The molecule has 2 heterocycles. The average Bonchev–Trinajstić information content (AvgIpc) is 2.53. The zero-order chi connectivity index (χ0) is 15.4. The summed E-state index contributed by atoms with van der Waals surface area (Å²) in [4.78, 5) is 15.2. The monoisotopic (exact) mass is 288 g/mol. The number of nitrogens with zero attached hydrogens (tertiary/aromatic N) is 4. The number of anilines is 1. The molecule has 112 valence electrons. The van der Waals surface area contributed by atoms with Gasteiger partial charge in [-0.2, -0.15) is 0 Å². The highest BCUT2D eigenvalue weighted by atomic mass is 16.5. The maximum atomic E-state index is 5.34. The summed E-state index contributed by atoms with van der Waals surface area (Å²) in [5.74, 6) is 2.64. The first-order valence-electron chi connectivity index (χ1n) is 6.71. The van der Waals surface area contributed by atoms with Gasteiger partial charge in [-0.1, -0.05) is 0 Å². The van der Waals surface area contributed by atoms with Crippen LogP contribution in [0.1, 0.15) is 13.8 Å². The fourth-order valence-electron chi connectivity index (χ4n) is 1.76. The molecule has 0 bridgehead atoms. The lowest BCUT2D eigenvalue weighted by atomic mass is 10.3. The van der Waals surface area contributed by atoms with Gasteiger partial charge in [0, 0.05) is 13.1 Å². The Balaban J connectivity index is 2.42. The molecule has 2 aromatic rings. The Morgan fingerprint density at radius 3 is 2.33 bits per heavy atom. The van der Waals surface area contributed by atoms with Crippen LogP contribution in [0.5, 0.6) is 11.5 Å². The molecule has 6 heteroatoms. The van der Waals surface area contributed by atoms with Crippen molar-refractivity contribution < 1.29 is 9.47 Å². The van der Waals surface area contributed by atoms with Gasteiger partial charge in [0.25, 0.3) is 0 Å². The van der Waals surface area contributed by atoms with Gasteiger partial charge >= 0.3 is 0 Å². The maximum Gasteiger partial charge on any atom is 0.180 e. The van der Waals surface area contributed by atoms with Crippen molar-refractivity contribution in [3.05, 3.63) is 24.5 Å². The third-order valence-corrected chi connectivity index (χ3v) is 3.27. The molecule has 0 unspecified atom stereocenters. The van der Waals surface area contributed by atoms with Gasteiger partial charge < -0.3 is 14.4 Å². The van der Waals surface area contributed by atoms with E-state index in [-0.39, 0.29) is 0 Å². The van der Waals surface area contributed by atoms with Crippen LogP contribution in [0.15, 0.2) is 24.5 Å². The van der Waals surface area contributed by atoms with Crippen molar-refractivity contribution in [2.24, 2.45) is 0 Å². The van der Waals surface area contributed by atoms with Gasteiger partial charge in [0.15, 0.2) is 17.4 Å². The molecule has 0 aliphatic heterocycles. The molecule has 2 aromatic heterocycles. The third kappa shape index (κ3) is 3.21. The summed E-state index contributed by atoms with van der Waals surface area (Å²) in [6.07, 6.45) is 3.32. The van der Waals surface area contributed by atoms with Gasteiger partial charge in [0.1, 0.15) is 11.4 Å². The molecule has 0 fully saturated rings. The number of hydrogen-bond acceptors (Lipinski definition) is 6. The van der Waals surface area contributed by atoms with Crippen LogP contribution < -0.4 is 14.4 Å². The zero-order valence-electron chi connectivity index (χ0n) is 13.0. The maximum absolute atomic E-state index is 5.34. The molecule has 0 radical (unpaired) electrons. The average molecular weight is 288 g/mol. The predicted octanol–water partition coefficient (Wildman–Crippen LogP) is 2.40. The van der Waals surface area contributed by atoms with Crippen molar-refractivity contribution in [3.8, 4) is 23.0 Å². The number of rotatable bonds is 5. The van der Waals surface area contributed by atoms with Crippen molar-refractivity contribution in [2.45, 2.75) is 19.9 Å². The Labute approximate surface area is 124 Å². The number of hydrogen-bond donors (Lipinski definition) is 0. The first-order valence-corrected chi connectivity index (χ1v) is 6.71. The van der Waals surface area contributed by atoms with Crippen LogP contribution in [-0.2, 0) is 0 Å². The molecular weight excluding hydrogens is 268 g/mol. The highest BCUT2D eigenvalue weighted by molar-refractivity contribution is 5.58. The topological polar surface area (TPSA) is 60.4 Å². The van der Waals surface area contributed by atoms with E-state index in [4.69, 9.17) is 9.47 Å². The summed E-state index contributed by atoms with van der Waals surface area (Å²) >= 11 is 0. The molecule has 6 nitrogen and oxygen atoms in total. The Hall–Kier alpha value is -2.37. The third-order valence-electron chi connectivity index (χ3n) is 3.27. The Bertz CT molecular complexity index is 599. The lowest BCUT2D eigenvalue weighted by molar-refractivity contribution is 0.410. The van der Waals surface area contributed by atoms with Gasteiger partial charge in [-0.05, 0) is 26.0 Å². The molecule has 0 saturated carbocycles. The minimum atomic E-state index is 0.297. The second-order valence-electron chi connectivity index (χ2n) is 4.87. The van der Waals surface area contributed by atoms with E-state index in [1.807, 2.05) is 24.1 Å². The van der Waals surface area contributed by atoms with Gasteiger partial charge in [-0.15, -0.1) is 0 Å². The van der Waals surface area contributed by atoms with Crippen LogP contribution in [0.25, 0.3) is 11.5 Å². The van der Waals surface area contributed by atoms with Crippen LogP contribution >= 0.6 is 0 Å². The van der Waals surface area contributed by atoms with Crippen molar-refractivity contribution in [1.82, 2.24) is 15.0 Å². The molecule has 0 aliphatic rings. The summed E-state index contributed by atoms with van der Waals surface area (Å²) in [7, 11) is 5.19. The molecule has 0 saturated heterocycles. The summed E-state index contributed by atoms with van der Waals surface area (Å²) < 4.78 is 10.4. The number of ether oxygens (including phenoxy) is 2. The zero-order valence-corrected chi connectivity index (χ0v) is 13.0. The van der Waals surface area contributed by atoms with E-state index < -0.39 is 0 Å². The van der Waals surface area contributed by atoms with E-state index in [9.17, 15) is 0 Å². The molecule has 0 aliphatic carbocycles. The first-order chi connectivity index (χ1) is 10.1. The van der Waals surface area contributed by atoms with Crippen LogP contribution in [0.3, 0.4) is 0 Å². The number of pyridine rings is 1. The Kier molecular flexibility index (Phi) is 4.57. The minimum absolute atomic E-state index is 0.297. The van der Waals surface area contributed by atoms with Gasteiger partial charge in [0.05, 0.1) is 26.6 Å². The number of aromatic nitrogens is 3. The summed E-state index contributed by atoms with van der Waals surface area (Å²) in [5.41, 5.74) is 0.692. The lowest BCUT2D eigenvalue weighted by Crippen LogP contribution is -2.27. The SMILES string of the molecule is COc1ccc(-c2ncc(OC)c(N(C)C(C)C)n2)nc1. The molecule has 0 amide bonds. The fraction of sp³-hybridized carbons (Fsp3) is 0.400. The van der Waals surface area contributed by atoms with Crippen LogP contribution in [0.2, 0.25) is 0 Å². The quantitative estimate of drug-likeness (QED) is 0.842. The lowest BCUT2D eigenvalue weighted by Gasteiger charge is -2.24. The Morgan fingerprint density at radius 2 is 1.81 bits per heavy atom. The summed E-state index contributed by atoms with van der Waals surface area (Å²) in [6.45, 7) is 4.18. The minimum Gasteiger partial charge on any atom is -0.495 e. The second kappa shape index (κ2) is 6.39. The molecule has 2 rings (SSSR count). The molecular formula is C15H20N4O2. The van der Waals surface area contributed by atoms with Gasteiger partial charge in [-0.25, -0.2) is 15.0 Å². The van der Waals surface area contributed by atoms with Gasteiger partial charge in [-0.3, -0.25) is 0 Å². The van der Waals surface area contributed by atoms with E-state index in [0.717, 1.165) is 5.82 Å². The number of methoxy groups -OCH3 is 2. The summed E-state index contributed by atoms with van der Waals surface area (Å²) in [6, 6.07) is 3.96. The molecule has 21 heavy (non-hydrogen) atoms. The highest BCUT2D eigenvalue weighted by Gasteiger charge is 2.15. The Morgan fingerprint density at radius 1 is 1.05 bits per heavy atom. The predicted molar refractivity (Wildman–Crippen MR) is 81.9 cm³/mol. The molecule has 0 atom stereocenters. The smallest absolute Gasteiger partial charge is 0.180 e. The second-order valence-corrected chi connectivity index (χ2v) is 4.87. The molecule has 0 N–H and O–H groups in total. The molecule has 0 spiro atoms. The van der Waals surface area contributed by atoms with Crippen LogP contribution in [-0.4, -0.2) is 42.3 Å². The largest absolute Gasteiger partial charge is 0.495 e. The van der Waals surface area contributed by atoms with Gasteiger partial charge in [0.2, 0.25) is 0 Å².